The van der Waals surface area contributed by atoms with Gasteiger partial charge in [-0.05, 0) is 19.1 Å². The van der Waals surface area contributed by atoms with Crippen LogP contribution in [-0.2, 0) is 13.6 Å². The number of para-hydroxylation sites is 1. The lowest BCUT2D eigenvalue weighted by atomic mass is 10.2. The summed E-state index contributed by atoms with van der Waals surface area (Å²) in [5, 5.41) is 4.29. The maximum Gasteiger partial charge on any atom is 0.222 e. The van der Waals surface area contributed by atoms with E-state index in [4.69, 9.17) is 10.5 Å². The van der Waals surface area contributed by atoms with Crippen LogP contribution in [0.4, 0.5) is 0 Å². The number of aromatic nitrogens is 2. The van der Waals surface area contributed by atoms with E-state index in [0.717, 1.165) is 17.0 Å². The first-order chi connectivity index (χ1) is 7.72. The number of aryl methyl sites for hydroxylation is 2. The topological polar surface area (TPSA) is 53.1 Å². The number of hydrogen-bond acceptors (Lipinski definition) is 3. The Hall–Kier alpha value is -1.81. The van der Waals surface area contributed by atoms with Gasteiger partial charge in [-0.15, -0.1) is 0 Å². The second kappa shape index (κ2) is 4.37. The van der Waals surface area contributed by atoms with E-state index in [2.05, 4.69) is 5.10 Å². The van der Waals surface area contributed by atoms with Crippen LogP contribution in [0, 0.1) is 6.92 Å². The molecule has 0 bridgehead atoms. The quantitative estimate of drug-likeness (QED) is 0.855. The molecule has 1 aromatic carbocycles. The second-order valence-electron chi connectivity index (χ2n) is 3.61. The lowest BCUT2D eigenvalue weighted by Crippen LogP contribution is -2.01. The van der Waals surface area contributed by atoms with Gasteiger partial charge >= 0.3 is 0 Å². The van der Waals surface area contributed by atoms with Crippen LogP contribution < -0.4 is 10.5 Å². The molecule has 0 atom stereocenters. The Balaban J connectivity index is 2.34. The fourth-order valence-corrected chi connectivity index (χ4v) is 1.64. The van der Waals surface area contributed by atoms with Gasteiger partial charge in [-0.3, -0.25) is 0 Å². The molecule has 0 aliphatic carbocycles. The zero-order valence-corrected chi connectivity index (χ0v) is 9.47. The molecule has 0 aliphatic heterocycles. The van der Waals surface area contributed by atoms with Crippen LogP contribution >= 0.6 is 0 Å². The summed E-state index contributed by atoms with van der Waals surface area (Å²) < 4.78 is 7.49. The van der Waals surface area contributed by atoms with Crippen LogP contribution in [0.5, 0.6) is 11.6 Å². The molecule has 0 fully saturated rings. The van der Waals surface area contributed by atoms with Gasteiger partial charge < -0.3 is 10.5 Å². The molecule has 0 saturated heterocycles. The predicted molar refractivity (Wildman–Crippen MR) is 62.4 cm³/mol. The maximum atomic E-state index is 5.77. The Morgan fingerprint density at radius 3 is 2.62 bits per heavy atom. The minimum Gasteiger partial charge on any atom is -0.439 e. The highest BCUT2D eigenvalue weighted by Gasteiger charge is 2.13. The summed E-state index contributed by atoms with van der Waals surface area (Å²) in [7, 11) is 1.85. The molecule has 2 aromatic rings. The van der Waals surface area contributed by atoms with E-state index in [-0.39, 0.29) is 0 Å². The Morgan fingerprint density at radius 1 is 1.31 bits per heavy atom. The monoisotopic (exact) mass is 217 g/mol. The molecule has 0 saturated carbocycles. The van der Waals surface area contributed by atoms with Crippen molar-refractivity contribution in [2.45, 2.75) is 13.5 Å². The van der Waals surface area contributed by atoms with Crippen LogP contribution in [0.25, 0.3) is 0 Å². The molecule has 0 unspecified atom stereocenters. The second-order valence-corrected chi connectivity index (χ2v) is 3.61. The molecule has 0 amide bonds. The molecule has 0 spiro atoms. The van der Waals surface area contributed by atoms with Gasteiger partial charge in [0, 0.05) is 13.6 Å². The molecular weight excluding hydrogens is 202 g/mol. The smallest absolute Gasteiger partial charge is 0.222 e. The summed E-state index contributed by atoms with van der Waals surface area (Å²) in [4.78, 5) is 0. The van der Waals surface area contributed by atoms with Crippen LogP contribution in [0.1, 0.15) is 11.3 Å². The molecule has 16 heavy (non-hydrogen) atoms. The van der Waals surface area contributed by atoms with Crippen molar-refractivity contribution in [3.8, 4) is 11.6 Å². The highest BCUT2D eigenvalue weighted by Crippen LogP contribution is 2.26. The fourth-order valence-electron chi connectivity index (χ4n) is 1.64. The molecule has 2 N–H and O–H groups in total. The van der Waals surface area contributed by atoms with E-state index in [1.807, 2.05) is 44.3 Å². The zero-order chi connectivity index (χ0) is 11.5. The molecule has 0 aliphatic rings. The molecule has 84 valence electrons. The molecule has 0 radical (unpaired) electrons. The van der Waals surface area contributed by atoms with Gasteiger partial charge in [0.15, 0.2) is 0 Å². The number of nitrogens with two attached hydrogens (primary N) is 1. The average Bonchev–Trinajstić information content (AvgIpc) is 2.55. The first-order valence-electron chi connectivity index (χ1n) is 5.18. The number of rotatable bonds is 3. The fraction of sp³-hybridized carbons (Fsp3) is 0.250. The molecule has 4 nitrogen and oxygen atoms in total. The van der Waals surface area contributed by atoms with Crippen LogP contribution in [0.15, 0.2) is 30.3 Å². The SMILES string of the molecule is Cc1nn(C)c(Oc2ccccc2)c1CN. The molecule has 1 heterocycles. The Bertz CT molecular complexity index is 477. The van der Waals surface area contributed by atoms with E-state index in [9.17, 15) is 0 Å². The van der Waals surface area contributed by atoms with Crippen molar-refractivity contribution in [1.82, 2.24) is 9.78 Å². The van der Waals surface area contributed by atoms with Crippen molar-refractivity contribution < 1.29 is 4.74 Å². The van der Waals surface area contributed by atoms with Gasteiger partial charge in [0.25, 0.3) is 0 Å². The molecule has 1 aromatic heterocycles. The molecule has 4 heteroatoms. The van der Waals surface area contributed by atoms with E-state index in [1.54, 1.807) is 4.68 Å². The average molecular weight is 217 g/mol. The van der Waals surface area contributed by atoms with Gasteiger partial charge in [0.2, 0.25) is 5.88 Å². The summed E-state index contributed by atoms with van der Waals surface area (Å²) in [6, 6.07) is 9.62. The summed E-state index contributed by atoms with van der Waals surface area (Å²) in [5.41, 5.74) is 7.55. The van der Waals surface area contributed by atoms with Crippen LogP contribution in [0.3, 0.4) is 0 Å². The number of ether oxygens (including phenoxy) is 1. The number of benzene rings is 1. The minimum absolute atomic E-state index is 0.432. The zero-order valence-electron chi connectivity index (χ0n) is 9.47. The standard InChI is InChI=1S/C12H15N3O/c1-9-11(8-13)12(15(2)14-9)16-10-6-4-3-5-7-10/h3-7H,8,13H2,1-2H3. The van der Waals surface area contributed by atoms with Crippen molar-refractivity contribution >= 4 is 0 Å². The van der Waals surface area contributed by atoms with Crippen molar-refractivity contribution in [3.63, 3.8) is 0 Å². The van der Waals surface area contributed by atoms with E-state index >= 15 is 0 Å². The lowest BCUT2D eigenvalue weighted by molar-refractivity contribution is 0.426. The third kappa shape index (κ3) is 1.92. The summed E-state index contributed by atoms with van der Waals surface area (Å²) in [6.07, 6.45) is 0. The first-order valence-corrected chi connectivity index (χ1v) is 5.18. The molecule has 2 rings (SSSR count). The summed E-state index contributed by atoms with van der Waals surface area (Å²) in [5.74, 6) is 1.51. The van der Waals surface area contributed by atoms with Gasteiger partial charge in [-0.25, -0.2) is 4.68 Å². The number of nitrogens with zero attached hydrogens (tertiary/aromatic N) is 2. The van der Waals surface area contributed by atoms with Crippen LogP contribution in [0.2, 0.25) is 0 Å². The van der Waals surface area contributed by atoms with E-state index < -0.39 is 0 Å². The Kier molecular flexibility index (Phi) is 2.92. The number of hydrogen-bond donors (Lipinski definition) is 1. The van der Waals surface area contributed by atoms with E-state index in [1.165, 1.54) is 0 Å². The van der Waals surface area contributed by atoms with Crippen molar-refractivity contribution in [2.75, 3.05) is 0 Å². The van der Waals surface area contributed by atoms with Crippen LogP contribution in [-0.4, -0.2) is 9.78 Å². The third-order valence-electron chi connectivity index (χ3n) is 2.45. The maximum absolute atomic E-state index is 5.77. The van der Waals surface area contributed by atoms with E-state index in [0.29, 0.717) is 12.4 Å². The molecular formula is C12H15N3O. The third-order valence-corrected chi connectivity index (χ3v) is 2.45. The van der Waals surface area contributed by atoms with Gasteiger partial charge in [-0.1, -0.05) is 18.2 Å². The minimum atomic E-state index is 0.432. The highest BCUT2D eigenvalue weighted by atomic mass is 16.5. The van der Waals surface area contributed by atoms with Gasteiger partial charge in [0.05, 0.1) is 11.3 Å². The summed E-state index contributed by atoms with van der Waals surface area (Å²) in [6.45, 7) is 2.36. The Labute approximate surface area is 94.6 Å². The highest BCUT2D eigenvalue weighted by molar-refractivity contribution is 5.35. The first kappa shape index (κ1) is 10.7. The van der Waals surface area contributed by atoms with Gasteiger partial charge in [-0.2, -0.15) is 5.10 Å². The summed E-state index contributed by atoms with van der Waals surface area (Å²) >= 11 is 0. The lowest BCUT2D eigenvalue weighted by Gasteiger charge is -2.07. The van der Waals surface area contributed by atoms with Crippen molar-refractivity contribution in [1.29, 1.82) is 0 Å². The predicted octanol–water partition coefficient (Wildman–Crippen LogP) is 1.98. The van der Waals surface area contributed by atoms with Gasteiger partial charge in [0.1, 0.15) is 5.75 Å². The Morgan fingerprint density at radius 2 is 2.00 bits per heavy atom. The largest absolute Gasteiger partial charge is 0.439 e. The van der Waals surface area contributed by atoms with Crippen molar-refractivity contribution in [2.24, 2.45) is 12.8 Å². The normalized spacial score (nSPS) is 10.4. The van der Waals surface area contributed by atoms with Crippen molar-refractivity contribution in [3.05, 3.63) is 41.6 Å².